The number of ether oxygens (including phenoxy) is 1. The lowest BCUT2D eigenvalue weighted by Crippen LogP contribution is -2.15. The number of aryl methyl sites for hydroxylation is 1. The number of anilines is 1. The highest BCUT2D eigenvalue weighted by Crippen LogP contribution is 2.31. The number of thioether (sulfide) groups is 1. The van der Waals surface area contributed by atoms with E-state index in [1.807, 2.05) is 60.0 Å². The molecule has 6 nitrogen and oxygen atoms in total. The zero-order valence-corrected chi connectivity index (χ0v) is 16.7. The molecule has 144 valence electrons. The van der Waals surface area contributed by atoms with Crippen molar-refractivity contribution in [3.8, 4) is 17.1 Å². The molecule has 3 aromatic rings. The van der Waals surface area contributed by atoms with Crippen molar-refractivity contribution >= 4 is 23.4 Å². The molecule has 7 heteroatoms. The molecular formula is C21H22N4O2S. The summed E-state index contributed by atoms with van der Waals surface area (Å²) >= 11 is 1.34. The van der Waals surface area contributed by atoms with Crippen molar-refractivity contribution in [2.75, 3.05) is 18.2 Å². The Hall–Kier alpha value is -3.06. The van der Waals surface area contributed by atoms with Gasteiger partial charge in [0.1, 0.15) is 5.75 Å². The van der Waals surface area contributed by atoms with Gasteiger partial charge in [0, 0.05) is 12.2 Å². The molecule has 0 bridgehead atoms. The van der Waals surface area contributed by atoms with Crippen LogP contribution in [0.3, 0.4) is 0 Å². The van der Waals surface area contributed by atoms with E-state index in [9.17, 15) is 4.79 Å². The molecule has 1 aromatic heterocycles. The van der Waals surface area contributed by atoms with Crippen LogP contribution in [0.2, 0.25) is 0 Å². The number of nitrogens with one attached hydrogen (secondary N) is 1. The second-order valence-electron chi connectivity index (χ2n) is 6.06. The first kappa shape index (κ1) is 19.7. The normalized spacial score (nSPS) is 10.5. The lowest BCUT2D eigenvalue weighted by atomic mass is 10.2. The molecule has 0 aliphatic heterocycles. The summed E-state index contributed by atoms with van der Waals surface area (Å²) in [5, 5.41) is 12.2. The van der Waals surface area contributed by atoms with Crippen LogP contribution in [0.1, 0.15) is 5.56 Å². The zero-order chi connectivity index (χ0) is 19.9. The van der Waals surface area contributed by atoms with Gasteiger partial charge < -0.3 is 10.1 Å². The Balaban J connectivity index is 1.77. The molecule has 1 amide bonds. The van der Waals surface area contributed by atoms with E-state index in [4.69, 9.17) is 4.74 Å². The fraction of sp³-hybridized carbons (Fsp3) is 0.190. The first-order valence-electron chi connectivity index (χ1n) is 8.79. The van der Waals surface area contributed by atoms with E-state index in [1.54, 1.807) is 13.2 Å². The molecule has 2 aromatic carbocycles. The van der Waals surface area contributed by atoms with Crippen molar-refractivity contribution in [3.63, 3.8) is 0 Å². The van der Waals surface area contributed by atoms with Crippen LogP contribution in [0.25, 0.3) is 11.4 Å². The van der Waals surface area contributed by atoms with Gasteiger partial charge in [-0.05, 0) is 30.7 Å². The number of benzene rings is 2. The van der Waals surface area contributed by atoms with Crippen molar-refractivity contribution in [2.45, 2.75) is 18.6 Å². The van der Waals surface area contributed by atoms with E-state index >= 15 is 0 Å². The number of carbonyl (C=O) groups excluding carboxylic acids is 1. The Morgan fingerprint density at radius 1 is 1.21 bits per heavy atom. The van der Waals surface area contributed by atoms with Gasteiger partial charge in [-0.3, -0.25) is 9.36 Å². The maximum Gasteiger partial charge on any atom is 0.234 e. The minimum atomic E-state index is -0.0914. The third-order valence-electron chi connectivity index (χ3n) is 4.13. The average Bonchev–Trinajstić information content (AvgIpc) is 3.11. The molecule has 3 rings (SSSR count). The number of rotatable bonds is 8. The second-order valence-corrected chi connectivity index (χ2v) is 7.00. The third-order valence-corrected chi connectivity index (χ3v) is 5.09. The predicted molar refractivity (Wildman–Crippen MR) is 113 cm³/mol. The lowest BCUT2D eigenvalue weighted by molar-refractivity contribution is -0.113. The molecule has 0 atom stereocenters. The van der Waals surface area contributed by atoms with Gasteiger partial charge in [0.2, 0.25) is 5.91 Å². The largest absolute Gasteiger partial charge is 0.496 e. The molecule has 0 saturated carbocycles. The smallest absolute Gasteiger partial charge is 0.234 e. The van der Waals surface area contributed by atoms with Gasteiger partial charge in [0.15, 0.2) is 11.0 Å². The van der Waals surface area contributed by atoms with Gasteiger partial charge in [0.25, 0.3) is 0 Å². The molecule has 0 aliphatic rings. The maximum atomic E-state index is 12.4. The summed E-state index contributed by atoms with van der Waals surface area (Å²) in [6.07, 6.45) is 1.78. The van der Waals surface area contributed by atoms with Crippen molar-refractivity contribution in [3.05, 3.63) is 66.7 Å². The van der Waals surface area contributed by atoms with Gasteiger partial charge in [-0.15, -0.1) is 16.8 Å². The van der Waals surface area contributed by atoms with E-state index in [-0.39, 0.29) is 11.7 Å². The molecule has 0 spiro atoms. The molecular weight excluding hydrogens is 372 g/mol. The Labute approximate surface area is 168 Å². The molecule has 0 unspecified atom stereocenters. The number of hydrogen-bond donors (Lipinski definition) is 1. The first-order valence-corrected chi connectivity index (χ1v) is 9.78. The average molecular weight is 395 g/mol. The summed E-state index contributed by atoms with van der Waals surface area (Å²) in [5.74, 6) is 1.54. The van der Waals surface area contributed by atoms with Crippen molar-refractivity contribution in [2.24, 2.45) is 0 Å². The summed E-state index contributed by atoms with van der Waals surface area (Å²) < 4.78 is 7.37. The Morgan fingerprint density at radius 3 is 2.71 bits per heavy atom. The number of nitrogens with zero attached hydrogens (tertiary/aromatic N) is 3. The van der Waals surface area contributed by atoms with Crippen LogP contribution in [0.15, 0.2) is 66.3 Å². The monoisotopic (exact) mass is 394 g/mol. The quantitative estimate of drug-likeness (QED) is 0.458. The standard InChI is InChI=1S/C21H22N4O2S/c1-4-13-25-20(16-10-6-8-12-18(16)27-3)23-24-21(25)28-14-19(26)22-17-11-7-5-9-15(17)2/h4-12H,1,13-14H2,2-3H3,(H,22,26). The molecule has 0 aliphatic carbocycles. The van der Waals surface area contributed by atoms with Crippen LogP contribution in [-0.2, 0) is 11.3 Å². The zero-order valence-electron chi connectivity index (χ0n) is 15.9. The topological polar surface area (TPSA) is 69.0 Å². The van der Waals surface area contributed by atoms with Crippen LogP contribution in [-0.4, -0.2) is 33.5 Å². The number of para-hydroxylation sites is 2. The molecule has 0 fully saturated rings. The van der Waals surface area contributed by atoms with Gasteiger partial charge in [-0.1, -0.05) is 48.2 Å². The minimum absolute atomic E-state index is 0.0914. The van der Waals surface area contributed by atoms with E-state index in [2.05, 4.69) is 22.1 Å². The summed E-state index contributed by atoms with van der Waals surface area (Å²) in [6.45, 7) is 6.31. The predicted octanol–water partition coefficient (Wildman–Crippen LogP) is 4.18. The SMILES string of the molecule is C=CCn1c(SCC(=O)Nc2ccccc2C)nnc1-c1ccccc1OC. The number of aromatic nitrogens is 3. The van der Waals surface area contributed by atoms with Gasteiger partial charge in [-0.25, -0.2) is 0 Å². The summed E-state index contributed by atoms with van der Waals surface area (Å²) in [4.78, 5) is 12.4. The Kier molecular flexibility index (Phi) is 6.49. The number of carbonyl (C=O) groups is 1. The highest BCUT2D eigenvalue weighted by Gasteiger charge is 2.17. The van der Waals surface area contributed by atoms with E-state index < -0.39 is 0 Å². The molecule has 0 saturated heterocycles. The van der Waals surface area contributed by atoms with E-state index in [1.165, 1.54) is 11.8 Å². The highest BCUT2D eigenvalue weighted by molar-refractivity contribution is 7.99. The van der Waals surface area contributed by atoms with Crippen LogP contribution < -0.4 is 10.1 Å². The highest BCUT2D eigenvalue weighted by atomic mass is 32.2. The van der Waals surface area contributed by atoms with Crippen molar-refractivity contribution in [1.29, 1.82) is 0 Å². The molecule has 1 heterocycles. The van der Waals surface area contributed by atoms with Crippen molar-refractivity contribution < 1.29 is 9.53 Å². The first-order chi connectivity index (χ1) is 13.6. The Bertz CT molecular complexity index is 984. The fourth-order valence-corrected chi connectivity index (χ4v) is 3.50. The van der Waals surface area contributed by atoms with E-state index in [0.717, 1.165) is 16.8 Å². The van der Waals surface area contributed by atoms with Crippen LogP contribution in [0.5, 0.6) is 5.75 Å². The van der Waals surface area contributed by atoms with Gasteiger partial charge in [-0.2, -0.15) is 0 Å². The molecule has 1 N–H and O–H groups in total. The second kappa shape index (κ2) is 9.23. The summed E-state index contributed by atoms with van der Waals surface area (Å²) in [7, 11) is 1.62. The molecule has 28 heavy (non-hydrogen) atoms. The van der Waals surface area contributed by atoms with Crippen molar-refractivity contribution in [1.82, 2.24) is 14.8 Å². The van der Waals surface area contributed by atoms with E-state index in [0.29, 0.717) is 23.3 Å². The number of hydrogen-bond acceptors (Lipinski definition) is 5. The third kappa shape index (κ3) is 4.43. The van der Waals surface area contributed by atoms with Crippen LogP contribution >= 0.6 is 11.8 Å². The number of allylic oxidation sites excluding steroid dienone is 1. The van der Waals surface area contributed by atoms with Crippen LogP contribution in [0, 0.1) is 6.92 Å². The lowest BCUT2D eigenvalue weighted by Gasteiger charge is -2.11. The fourth-order valence-electron chi connectivity index (χ4n) is 2.75. The number of amides is 1. The summed E-state index contributed by atoms with van der Waals surface area (Å²) in [5.41, 5.74) is 2.68. The number of methoxy groups -OCH3 is 1. The summed E-state index contributed by atoms with van der Waals surface area (Å²) in [6, 6.07) is 15.3. The van der Waals surface area contributed by atoms with Gasteiger partial charge in [0.05, 0.1) is 18.4 Å². The minimum Gasteiger partial charge on any atom is -0.496 e. The Morgan fingerprint density at radius 2 is 1.96 bits per heavy atom. The maximum absolute atomic E-state index is 12.4. The van der Waals surface area contributed by atoms with Crippen LogP contribution in [0.4, 0.5) is 5.69 Å². The molecule has 0 radical (unpaired) electrons. The van der Waals surface area contributed by atoms with Gasteiger partial charge >= 0.3 is 0 Å².